The summed E-state index contributed by atoms with van der Waals surface area (Å²) in [6.45, 7) is 4.73. The molecule has 5 nitrogen and oxygen atoms in total. The highest BCUT2D eigenvalue weighted by atomic mass is 35.5. The lowest BCUT2D eigenvalue weighted by Crippen LogP contribution is -2.35. The number of rotatable bonds is 4. The Morgan fingerprint density at radius 1 is 1.24 bits per heavy atom. The SMILES string of the molecule is CC(C)NC(=O)c1ccc(NC(=O)[C@@H]2CCCN2)cc1.Cl. The van der Waals surface area contributed by atoms with Crippen molar-refractivity contribution in [2.24, 2.45) is 0 Å². The van der Waals surface area contributed by atoms with Gasteiger partial charge in [0, 0.05) is 17.3 Å². The van der Waals surface area contributed by atoms with E-state index in [0.29, 0.717) is 11.3 Å². The topological polar surface area (TPSA) is 70.2 Å². The molecule has 0 spiro atoms. The predicted octanol–water partition coefficient (Wildman–Crippen LogP) is 1.94. The van der Waals surface area contributed by atoms with Crippen molar-refractivity contribution >= 4 is 29.9 Å². The summed E-state index contributed by atoms with van der Waals surface area (Å²) in [5.74, 6) is -0.114. The van der Waals surface area contributed by atoms with Crippen molar-refractivity contribution in [3.05, 3.63) is 29.8 Å². The molecule has 1 aromatic rings. The van der Waals surface area contributed by atoms with Crippen LogP contribution >= 0.6 is 12.4 Å². The summed E-state index contributed by atoms with van der Waals surface area (Å²) in [6.07, 6.45) is 1.91. The molecule has 6 heteroatoms. The van der Waals surface area contributed by atoms with E-state index in [-0.39, 0.29) is 36.3 Å². The molecule has 1 aliphatic heterocycles. The summed E-state index contributed by atoms with van der Waals surface area (Å²) < 4.78 is 0. The van der Waals surface area contributed by atoms with Crippen molar-refractivity contribution in [1.82, 2.24) is 10.6 Å². The Labute approximate surface area is 131 Å². The fraction of sp³-hybridized carbons (Fsp3) is 0.467. The zero-order valence-corrected chi connectivity index (χ0v) is 13.1. The number of benzene rings is 1. The zero-order valence-electron chi connectivity index (χ0n) is 12.3. The van der Waals surface area contributed by atoms with Gasteiger partial charge in [0.05, 0.1) is 6.04 Å². The number of anilines is 1. The van der Waals surface area contributed by atoms with E-state index in [1.54, 1.807) is 24.3 Å². The predicted molar refractivity (Wildman–Crippen MR) is 85.9 cm³/mol. The minimum Gasteiger partial charge on any atom is -0.350 e. The van der Waals surface area contributed by atoms with Gasteiger partial charge in [0.25, 0.3) is 5.91 Å². The number of hydrogen-bond donors (Lipinski definition) is 3. The van der Waals surface area contributed by atoms with Crippen LogP contribution in [0, 0.1) is 0 Å². The van der Waals surface area contributed by atoms with Crippen LogP contribution in [0.15, 0.2) is 24.3 Å². The molecule has 1 atom stereocenters. The van der Waals surface area contributed by atoms with Crippen molar-refractivity contribution in [1.29, 1.82) is 0 Å². The number of hydrogen-bond acceptors (Lipinski definition) is 3. The fourth-order valence-electron chi connectivity index (χ4n) is 2.19. The molecule has 2 rings (SSSR count). The van der Waals surface area contributed by atoms with E-state index in [4.69, 9.17) is 0 Å². The van der Waals surface area contributed by atoms with Crippen molar-refractivity contribution in [3.8, 4) is 0 Å². The van der Waals surface area contributed by atoms with Crippen LogP contribution in [0.4, 0.5) is 5.69 Å². The Morgan fingerprint density at radius 3 is 2.43 bits per heavy atom. The highest BCUT2D eigenvalue weighted by Gasteiger charge is 2.21. The molecule has 21 heavy (non-hydrogen) atoms. The molecule has 116 valence electrons. The second kappa shape index (κ2) is 8.00. The van der Waals surface area contributed by atoms with Crippen LogP contribution < -0.4 is 16.0 Å². The zero-order chi connectivity index (χ0) is 14.5. The highest BCUT2D eigenvalue weighted by molar-refractivity contribution is 5.97. The molecular formula is C15H22ClN3O2. The van der Waals surface area contributed by atoms with Crippen LogP contribution in [0.1, 0.15) is 37.0 Å². The van der Waals surface area contributed by atoms with Gasteiger partial charge in [-0.1, -0.05) is 0 Å². The first-order chi connectivity index (χ1) is 9.56. The molecule has 0 aromatic heterocycles. The number of halogens is 1. The van der Waals surface area contributed by atoms with Gasteiger partial charge < -0.3 is 16.0 Å². The molecule has 3 N–H and O–H groups in total. The fourth-order valence-corrected chi connectivity index (χ4v) is 2.19. The van der Waals surface area contributed by atoms with E-state index < -0.39 is 0 Å². The standard InChI is InChI=1S/C15H21N3O2.ClH/c1-10(2)17-14(19)11-5-7-12(8-6-11)18-15(20)13-4-3-9-16-13;/h5-8,10,13,16H,3-4,9H2,1-2H3,(H,17,19)(H,18,20);1H/t13-;/m0./s1. The van der Waals surface area contributed by atoms with Crippen molar-refractivity contribution in [2.45, 2.75) is 38.8 Å². The molecule has 0 saturated carbocycles. The van der Waals surface area contributed by atoms with Crippen LogP contribution in [0.25, 0.3) is 0 Å². The molecule has 1 aromatic carbocycles. The first-order valence-corrected chi connectivity index (χ1v) is 7.01. The Morgan fingerprint density at radius 2 is 1.90 bits per heavy atom. The second-order valence-electron chi connectivity index (χ2n) is 5.34. The van der Waals surface area contributed by atoms with E-state index >= 15 is 0 Å². The van der Waals surface area contributed by atoms with Crippen LogP contribution in [-0.2, 0) is 4.79 Å². The van der Waals surface area contributed by atoms with Gasteiger partial charge in [-0.25, -0.2) is 0 Å². The van der Waals surface area contributed by atoms with E-state index in [1.807, 2.05) is 13.8 Å². The first-order valence-electron chi connectivity index (χ1n) is 7.01. The van der Waals surface area contributed by atoms with Crippen LogP contribution in [0.3, 0.4) is 0 Å². The van der Waals surface area contributed by atoms with Gasteiger partial charge in [-0.05, 0) is 57.5 Å². The Hall–Kier alpha value is -1.59. The minimum atomic E-state index is -0.102. The van der Waals surface area contributed by atoms with Gasteiger partial charge in [-0.3, -0.25) is 9.59 Å². The quantitative estimate of drug-likeness (QED) is 0.796. The minimum absolute atomic E-state index is 0. The number of nitrogens with one attached hydrogen (secondary N) is 3. The van der Waals surface area contributed by atoms with E-state index in [0.717, 1.165) is 19.4 Å². The summed E-state index contributed by atoms with van der Waals surface area (Å²) in [5, 5.41) is 8.84. The molecular weight excluding hydrogens is 290 g/mol. The number of carbonyl (C=O) groups is 2. The average molecular weight is 312 g/mol. The maximum atomic E-state index is 11.9. The summed E-state index contributed by atoms with van der Waals surface area (Å²) in [6, 6.07) is 6.95. The molecule has 2 amide bonds. The van der Waals surface area contributed by atoms with Crippen LogP contribution in [0.2, 0.25) is 0 Å². The first kappa shape index (κ1) is 17.5. The normalized spacial score (nSPS) is 17.2. The van der Waals surface area contributed by atoms with Gasteiger partial charge in [0.1, 0.15) is 0 Å². The Bertz CT molecular complexity index is 482. The summed E-state index contributed by atoms with van der Waals surface area (Å²) in [5.41, 5.74) is 1.31. The van der Waals surface area contributed by atoms with Crippen LogP contribution in [-0.4, -0.2) is 30.4 Å². The lowest BCUT2D eigenvalue weighted by Gasteiger charge is -2.12. The Kier molecular flexibility index (Phi) is 6.65. The third-order valence-corrected chi connectivity index (χ3v) is 3.21. The largest absolute Gasteiger partial charge is 0.350 e. The molecule has 1 fully saturated rings. The Balaban J connectivity index is 0.00000220. The lowest BCUT2D eigenvalue weighted by atomic mass is 10.1. The van der Waals surface area contributed by atoms with Crippen molar-refractivity contribution in [3.63, 3.8) is 0 Å². The highest BCUT2D eigenvalue weighted by Crippen LogP contribution is 2.12. The van der Waals surface area contributed by atoms with Crippen LogP contribution in [0.5, 0.6) is 0 Å². The van der Waals surface area contributed by atoms with Gasteiger partial charge in [-0.15, -0.1) is 12.4 Å². The maximum Gasteiger partial charge on any atom is 0.251 e. The molecule has 1 saturated heterocycles. The molecule has 0 unspecified atom stereocenters. The van der Waals surface area contributed by atoms with Gasteiger partial charge in [0.2, 0.25) is 5.91 Å². The van der Waals surface area contributed by atoms with Gasteiger partial charge in [-0.2, -0.15) is 0 Å². The van der Waals surface area contributed by atoms with Crippen molar-refractivity contribution in [2.75, 3.05) is 11.9 Å². The number of amides is 2. The third-order valence-electron chi connectivity index (χ3n) is 3.21. The van der Waals surface area contributed by atoms with Gasteiger partial charge in [0.15, 0.2) is 0 Å². The molecule has 1 aliphatic rings. The third kappa shape index (κ3) is 5.02. The van der Waals surface area contributed by atoms with Gasteiger partial charge >= 0.3 is 0 Å². The molecule has 1 heterocycles. The molecule has 0 bridgehead atoms. The molecule has 0 radical (unpaired) electrons. The van der Waals surface area contributed by atoms with Crippen molar-refractivity contribution < 1.29 is 9.59 Å². The number of carbonyl (C=O) groups excluding carboxylic acids is 2. The monoisotopic (exact) mass is 311 g/mol. The van der Waals surface area contributed by atoms with E-state index in [9.17, 15) is 9.59 Å². The average Bonchev–Trinajstić information content (AvgIpc) is 2.92. The summed E-state index contributed by atoms with van der Waals surface area (Å²) in [4.78, 5) is 23.7. The summed E-state index contributed by atoms with van der Waals surface area (Å²) >= 11 is 0. The lowest BCUT2D eigenvalue weighted by molar-refractivity contribution is -0.117. The summed E-state index contributed by atoms with van der Waals surface area (Å²) in [7, 11) is 0. The van der Waals surface area contributed by atoms with E-state index in [2.05, 4.69) is 16.0 Å². The smallest absolute Gasteiger partial charge is 0.251 e. The molecule has 0 aliphatic carbocycles. The second-order valence-corrected chi connectivity index (χ2v) is 5.34. The maximum absolute atomic E-state index is 11.9. The van der Waals surface area contributed by atoms with E-state index in [1.165, 1.54) is 0 Å².